The summed E-state index contributed by atoms with van der Waals surface area (Å²) in [6, 6.07) is 3.73. The van der Waals surface area contributed by atoms with Gasteiger partial charge in [0.2, 0.25) is 11.7 Å². The highest BCUT2D eigenvalue weighted by molar-refractivity contribution is 5.86. The lowest BCUT2D eigenvalue weighted by molar-refractivity contribution is -0.128. The van der Waals surface area contributed by atoms with E-state index in [4.69, 9.17) is 14.2 Å². The monoisotopic (exact) mass is 378 g/mol. The van der Waals surface area contributed by atoms with E-state index in [0.29, 0.717) is 36.3 Å². The van der Waals surface area contributed by atoms with Gasteiger partial charge in [-0.15, -0.1) is 0 Å². The zero-order valence-corrected chi connectivity index (χ0v) is 16.6. The first kappa shape index (κ1) is 20.7. The zero-order valence-electron chi connectivity index (χ0n) is 16.6. The average molecular weight is 378 g/mol. The Balaban J connectivity index is 2.05. The first-order valence-electron chi connectivity index (χ1n) is 9.21. The van der Waals surface area contributed by atoms with Gasteiger partial charge in [0.1, 0.15) is 0 Å². The average Bonchev–Trinajstić information content (AvgIpc) is 3.23. The molecule has 0 aliphatic carbocycles. The number of ether oxygens (including phenoxy) is 3. The molecule has 8 nitrogen and oxygen atoms in total. The summed E-state index contributed by atoms with van der Waals surface area (Å²) in [6.07, 6.45) is 2.17. The SMILES string of the molecule is CCNC(=NCc1cc(OC)c(OC)c(OC)c1)NCC(=O)N1CCCC1. The van der Waals surface area contributed by atoms with Crippen molar-refractivity contribution in [2.45, 2.75) is 26.3 Å². The molecule has 27 heavy (non-hydrogen) atoms. The van der Waals surface area contributed by atoms with Crippen LogP contribution in [0, 0.1) is 0 Å². The quantitative estimate of drug-likeness (QED) is 0.525. The molecule has 8 heteroatoms. The maximum absolute atomic E-state index is 12.2. The van der Waals surface area contributed by atoms with Gasteiger partial charge in [-0.2, -0.15) is 0 Å². The van der Waals surface area contributed by atoms with Crippen LogP contribution in [-0.2, 0) is 11.3 Å². The first-order valence-corrected chi connectivity index (χ1v) is 9.21. The van der Waals surface area contributed by atoms with Gasteiger partial charge in [-0.3, -0.25) is 4.79 Å². The molecule has 2 N–H and O–H groups in total. The molecule has 2 rings (SSSR count). The fourth-order valence-corrected chi connectivity index (χ4v) is 2.98. The Bertz CT molecular complexity index is 632. The van der Waals surface area contributed by atoms with E-state index < -0.39 is 0 Å². The molecule has 0 atom stereocenters. The van der Waals surface area contributed by atoms with Gasteiger partial charge >= 0.3 is 0 Å². The number of hydrogen-bond donors (Lipinski definition) is 2. The van der Waals surface area contributed by atoms with Crippen molar-refractivity contribution in [3.63, 3.8) is 0 Å². The molecule has 0 spiro atoms. The van der Waals surface area contributed by atoms with E-state index in [1.54, 1.807) is 21.3 Å². The van der Waals surface area contributed by atoms with Gasteiger partial charge in [0.05, 0.1) is 34.4 Å². The second-order valence-corrected chi connectivity index (χ2v) is 6.17. The molecule has 1 saturated heterocycles. The Morgan fingerprint density at radius 1 is 1.07 bits per heavy atom. The molecule has 150 valence electrons. The molecule has 0 unspecified atom stereocenters. The van der Waals surface area contributed by atoms with Gasteiger partial charge in [-0.05, 0) is 37.5 Å². The number of benzene rings is 1. The molecule has 1 amide bonds. The second-order valence-electron chi connectivity index (χ2n) is 6.17. The summed E-state index contributed by atoms with van der Waals surface area (Å²) >= 11 is 0. The highest BCUT2D eigenvalue weighted by Gasteiger charge is 2.18. The lowest BCUT2D eigenvalue weighted by Gasteiger charge is -2.17. The van der Waals surface area contributed by atoms with E-state index in [9.17, 15) is 4.79 Å². The van der Waals surface area contributed by atoms with E-state index in [-0.39, 0.29) is 12.5 Å². The number of amides is 1. The number of guanidine groups is 1. The van der Waals surface area contributed by atoms with E-state index in [1.807, 2.05) is 24.0 Å². The van der Waals surface area contributed by atoms with Crippen molar-refractivity contribution in [3.05, 3.63) is 17.7 Å². The maximum atomic E-state index is 12.2. The number of aliphatic imine (C=N–C) groups is 1. The van der Waals surface area contributed by atoms with Gasteiger partial charge in [-0.25, -0.2) is 4.99 Å². The van der Waals surface area contributed by atoms with Crippen LogP contribution in [0.25, 0.3) is 0 Å². The number of likely N-dealkylation sites (tertiary alicyclic amines) is 1. The fraction of sp³-hybridized carbons (Fsp3) is 0.579. The van der Waals surface area contributed by atoms with Crippen LogP contribution < -0.4 is 24.8 Å². The summed E-state index contributed by atoms with van der Waals surface area (Å²) in [5, 5.41) is 6.27. The molecule has 1 aromatic rings. The Morgan fingerprint density at radius 3 is 2.22 bits per heavy atom. The van der Waals surface area contributed by atoms with Crippen molar-refractivity contribution in [3.8, 4) is 17.2 Å². The third-order valence-corrected chi connectivity index (χ3v) is 4.35. The van der Waals surface area contributed by atoms with Gasteiger partial charge in [0.25, 0.3) is 0 Å². The molecule has 0 bridgehead atoms. The minimum atomic E-state index is 0.103. The lowest BCUT2D eigenvalue weighted by atomic mass is 10.2. The Morgan fingerprint density at radius 2 is 1.70 bits per heavy atom. The third kappa shape index (κ3) is 5.67. The van der Waals surface area contributed by atoms with Crippen molar-refractivity contribution in [2.75, 3.05) is 47.5 Å². The van der Waals surface area contributed by atoms with Gasteiger partial charge in [0, 0.05) is 19.6 Å². The van der Waals surface area contributed by atoms with Gasteiger partial charge in [-0.1, -0.05) is 0 Å². The van der Waals surface area contributed by atoms with Crippen LogP contribution in [0.5, 0.6) is 17.2 Å². The predicted octanol–water partition coefficient (Wildman–Crippen LogP) is 1.39. The van der Waals surface area contributed by atoms with E-state index in [2.05, 4.69) is 15.6 Å². The fourth-order valence-electron chi connectivity index (χ4n) is 2.98. The highest BCUT2D eigenvalue weighted by atomic mass is 16.5. The van der Waals surface area contributed by atoms with E-state index in [1.165, 1.54) is 0 Å². The number of nitrogens with zero attached hydrogens (tertiary/aromatic N) is 2. The van der Waals surface area contributed by atoms with Crippen molar-refractivity contribution < 1.29 is 19.0 Å². The molecule has 1 aliphatic rings. The maximum Gasteiger partial charge on any atom is 0.241 e. The summed E-state index contributed by atoms with van der Waals surface area (Å²) in [7, 11) is 4.74. The van der Waals surface area contributed by atoms with Crippen LogP contribution >= 0.6 is 0 Å². The highest BCUT2D eigenvalue weighted by Crippen LogP contribution is 2.38. The molecular formula is C19H30N4O4. The number of hydrogen-bond acceptors (Lipinski definition) is 5. The standard InChI is InChI=1S/C19H30N4O4/c1-5-20-19(22-13-17(24)23-8-6-7-9-23)21-12-14-10-15(25-2)18(27-4)16(11-14)26-3/h10-11H,5-9,12-13H2,1-4H3,(H2,20,21,22). The normalized spacial score (nSPS) is 14.1. The predicted molar refractivity (Wildman–Crippen MR) is 105 cm³/mol. The molecule has 0 radical (unpaired) electrons. The second kappa shape index (κ2) is 10.5. The molecule has 1 aliphatic heterocycles. The summed E-state index contributed by atoms with van der Waals surface area (Å²) in [4.78, 5) is 18.6. The summed E-state index contributed by atoms with van der Waals surface area (Å²) in [5.74, 6) is 2.42. The Hall–Kier alpha value is -2.64. The number of nitrogens with one attached hydrogen (secondary N) is 2. The summed E-state index contributed by atoms with van der Waals surface area (Å²) < 4.78 is 16.1. The number of carbonyl (C=O) groups excluding carboxylic acids is 1. The van der Waals surface area contributed by atoms with Crippen LogP contribution in [0.2, 0.25) is 0 Å². The summed E-state index contributed by atoms with van der Waals surface area (Å²) in [5.41, 5.74) is 0.910. The van der Waals surface area contributed by atoms with E-state index >= 15 is 0 Å². The van der Waals surface area contributed by atoms with Crippen molar-refractivity contribution in [1.82, 2.24) is 15.5 Å². The molecule has 0 saturated carbocycles. The van der Waals surface area contributed by atoms with Crippen LogP contribution in [0.1, 0.15) is 25.3 Å². The molecular weight excluding hydrogens is 348 g/mol. The topological polar surface area (TPSA) is 84.4 Å². The zero-order chi connectivity index (χ0) is 19.6. The van der Waals surface area contributed by atoms with Crippen molar-refractivity contribution in [1.29, 1.82) is 0 Å². The molecule has 1 heterocycles. The summed E-state index contributed by atoms with van der Waals surface area (Å²) in [6.45, 7) is 5.03. The third-order valence-electron chi connectivity index (χ3n) is 4.35. The molecule has 1 aromatic carbocycles. The minimum Gasteiger partial charge on any atom is -0.493 e. The first-order chi connectivity index (χ1) is 13.1. The largest absolute Gasteiger partial charge is 0.493 e. The molecule has 1 fully saturated rings. The Labute approximate surface area is 160 Å². The van der Waals surface area contributed by atoms with Crippen molar-refractivity contribution in [2.24, 2.45) is 4.99 Å². The number of rotatable bonds is 8. The lowest BCUT2D eigenvalue weighted by Crippen LogP contribution is -2.44. The van der Waals surface area contributed by atoms with Crippen LogP contribution in [0.4, 0.5) is 0 Å². The smallest absolute Gasteiger partial charge is 0.241 e. The van der Waals surface area contributed by atoms with Crippen LogP contribution in [0.15, 0.2) is 17.1 Å². The number of carbonyl (C=O) groups is 1. The molecule has 0 aromatic heterocycles. The van der Waals surface area contributed by atoms with E-state index in [0.717, 1.165) is 31.5 Å². The van der Waals surface area contributed by atoms with Crippen LogP contribution in [0.3, 0.4) is 0 Å². The van der Waals surface area contributed by atoms with Gasteiger partial charge < -0.3 is 29.7 Å². The van der Waals surface area contributed by atoms with Gasteiger partial charge in [0.15, 0.2) is 17.5 Å². The minimum absolute atomic E-state index is 0.103. The number of methoxy groups -OCH3 is 3. The van der Waals surface area contributed by atoms with Crippen LogP contribution in [-0.4, -0.2) is 64.3 Å². The Kier molecular flexibility index (Phi) is 8.03. The van der Waals surface area contributed by atoms with Crippen molar-refractivity contribution >= 4 is 11.9 Å².